The summed E-state index contributed by atoms with van der Waals surface area (Å²) in [5.41, 5.74) is 12.2. The van der Waals surface area contributed by atoms with Gasteiger partial charge in [-0.05, 0) is 18.2 Å². The number of primary amides is 1. The molecule has 0 saturated heterocycles. The van der Waals surface area contributed by atoms with Gasteiger partial charge in [-0.2, -0.15) is 20.0 Å². The molecule has 6 N–H and O–H groups in total. The highest BCUT2D eigenvalue weighted by Crippen LogP contribution is 2.22. The van der Waals surface area contributed by atoms with Crippen LogP contribution in [0.25, 0.3) is 5.69 Å². The van der Waals surface area contributed by atoms with E-state index in [1.165, 1.54) is 11.0 Å². The molecule has 0 fully saturated rings. The number of hydrogen-bond donors (Lipinski definition) is 4. The molecule has 3 aromatic rings. The quantitative estimate of drug-likeness (QED) is 0.417. The predicted molar refractivity (Wildman–Crippen MR) is 102 cm³/mol. The first-order valence-corrected chi connectivity index (χ1v) is 8.61. The fraction of sp³-hybridized carbons (Fsp3) is 0.235. The molecule has 3 rings (SSSR count). The molecule has 0 aliphatic heterocycles. The van der Waals surface area contributed by atoms with E-state index in [1.54, 1.807) is 36.7 Å². The zero-order chi connectivity index (χ0) is 20.8. The number of hydrogen-bond acceptors (Lipinski definition) is 8. The number of anilines is 3. The van der Waals surface area contributed by atoms with Crippen molar-refractivity contribution in [2.75, 3.05) is 17.2 Å². The molecule has 0 radical (unpaired) electrons. The maximum absolute atomic E-state index is 12.6. The molecule has 12 heteroatoms. The second-order valence-corrected chi connectivity index (χ2v) is 6.02. The molecule has 0 aliphatic carbocycles. The summed E-state index contributed by atoms with van der Waals surface area (Å²) in [6, 6.07) is 6.31. The first kappa shape index (κ1) is 20.1. The van der Waals surface area contributed by atoms with E-state index in [1.807, 2.05) is 0 Å². The topological polar surface area (TPSA) is 150 Å². The summed E-state index contributed by atoms with van der Waals surface area (Å²) in [6.07, 6.45) is 1.31. The Morgan fingerprint density at radius 2 is 2.00 bits per heavy atom. The molecule has 1 aromatic carbocycles. The Bertz CT molecular complexity index is 965. The van der Waals surface area contributed by atoms with Gasteiger partial charge < -0.3 is 22.1 Å². The van der Waals surface area contributed by atoms with Gasteiger partial charge in [-0.1, -0.05) is 6.07 Å². The maximum Gasteiger partial charge on any atom is 0.254 e. The first-order valence-electron chi connectivity index (χ1n) is 8.61. The summed E-state index contributed by atoms with van der Waals surface area (Å²) in [5, 5.41) is 13.8. The van der Waals surface area contributed by atoms with Gasteiger partial charge in [-0.3, -0.25) is 4.79 Å². The zero-order valence-corrected chi connectivity index (χ0v) is 15.2. The molecule has 10 nitrogen and oxygen atoms in total. The third-order valence-electron chi connectivity index (χ3n) is 3.89. The van der Waals surface area contributed by atoms with Crippen LogP contribution in [0, 0.1) is 0 Å². The minimum Gasteiger partial charge on any atom is -0.365 e. The van der Waals surface area contributed by atoms with E-state index in [-0.39, 0.29) is 23.9 Å². The first-order chi connectivity index (χ1) is 14.0. The van der Waals surface area contributed by atoms with Crippen molar-refractivity contribution in [1.82, 2.24) is 25.0 Å². The Kier molecular flexibility index (Phi) is 6.24. The van der Waals surface area contributed by atoms with Crippen LogP contribution in [0.4, 0.5) is 26.2 Å². The van der Waals surface area contributed by atoms with Gasteiger partial charge in [0.05, 0.1) is 18.1 Å². The van der Waals surface area contributed by atoms with Gasteiger partial charge in [0.15, 0.2) is 0 Å². The van der Waals surface area contributed by atoms with Gasteiger partial charge in [-0.25, -0.2) is 13.8 Å². The summed E-state index contributed by atoms with van der Waals surface area (Å²) < 4.78 is 25.3. The van der Waals surface area contributed by atoms with Crippen LogP contribution in [-0.4, -0.2) is 49.9 Å². The molecule has 2 heterocycles. The number of benzene rings is 1. The smallest absolute Gasteiger partial charge is 0.254 e. The number of nitrogens with two attached hydrogens (primary N) is 2. The van der Waals surface area contributed by atoms with Gasteiger partial charge in [0.2, 0.25) is 12.4 Å². The summed E-state index contributed by atoms with van der Waals surface area (Å²) >= 11 is 0. The Morgan fingerprint density at radius 1 is 1.24 bits per heavy atom. The SMILES string of the molecule is NCC(CC(F)F)Nc1ncc(C(N)=O)c(Nc2cccc(-n3nccn3)c2)n1. The normalized spacial score (nSPS) is 12.0. The fourth-order valence-corrected chi connectivity index (χ4v) is 2.53. The van der Waals surface area contributed by atoms with Gasteiger partial charge in [0.1, 0.15) is 11.4 Å². The molecule has 1 atom stereocenters. The van der Waals surface area contributed by atoms with E-state index in [9.17, 15) is 13.6 Å². The lowest BCUT2D eigenvalue weighted by Crippen LogP contribution is -2.31. The summed E-state index contributed by atoms with van der Waals surface area (Å²) in [6.45, 7) is -0.0348. The van der Waals surface area contributed by atoms with Crippen LogP contribution in [0.5, 0.6) is 0 Å². The Balaban J connectivity index is 1.87. The van der Waals surface area contributed by atoms with Crippen LogP contribution < -0.4 is 22.1 Å². The molecule has 0 bridgehead atoms. The molecule has 0 aliphatic rings. The lowest BCUT2D eigenvalue weighted by Gasteiger charge is -2.17. The molecule has 1 amide bonds. The van der Waals surface area contributed by atoms with E-state index in [2.05, 4.69) is 30.8 Å². The monoisotopic (exact) mass is 403 g/mol. The Morgan fingerprint density at radius 3 is 2.66 bits per heavy atom. The number of amides is 1. The maximum atomic E-state index is 12.6. The summed E-state index contributed by atoms with van der Waals surface area (Å²) in [7, 11) is 0. The third-order valence-corrected chi connectivity index (χ3v) is 3.89. The fourth-order valence-electron chi connectivity index (χ4n) is 2.53. The van der Waals surface area contributed by atoms with Crippen molar-refractivity contribution in [3.63, 3.8) is 0 Å². The molecule has 0 spiro atoms. The molecule has 29 heavy (non-hydrogen) atoms. The second-order valence-electron chi connectivity index (χ2n) is 6.02. The second kappa shape index (κ2) is 9.01. The van der Waals surface area contributed by atoms with Gasteiger partial charge in [0, 0.05) is 30.9 Å². The largest absolute Gasteiger partial charge is 0.365 e. The minimum absolute atomic E-state index is 0.0348. The molecular weight excluding hydrogens is 384 g/mol. The van der Waals surface area contributed by atoms with E-state index in [4.69, 9.17) is 11.5 Å². The molecular formula is C17H19F2N9O. The van der Waals surface area contributed by atoms with Crippen molar-refractivity contribution in [2.24, 2.45) is 11.5 Å². The van der Waals surface area contributed by atoms with Crippen molar-refractivity contribution in [1.29, 1.82) is 0 Å². The van der Waals surface area contributed by atoms with E-state index >= 15 is 0 Å². The van der Waals surface area contributed by atoms with Crippen LogP contribution in [0.15, 0.2) is 42.9 Å². The number of carbonyl (C=O) groups is 1. The summed E-state index contributed by atoms with van der Waals surface area (Å²) in [4.78, 5) is 21.3. The van der Waals surface area contributed by atoms with Gasteiger partial charge in [0.25, 0.3) is 5.91 Å². The lowest BCUT2D eigenvalue weighted by atomic mass is 10.2. The highest BCUT2D eigenvalue weighted by atomic mass is 19.3. The molecule has 2 aromatic heterocycles. The van der Waals surface area contributed by atoms with E-state index in [0.717, 1.165) is 0 Å². The zero-order valence-electron chi connectivity index (χ0n) is 15.2. The van der Waals surface area contributed by atoms with Crippen LogP contribution >= 0.6 is 0 Å². The van der Waals surface area contributed by atoms with E-state index in [0.29, 0.717) is 11.4 Å². The van der Waals surface area contributed by atoms with Crippen molar-refractivity contribution >= 4 is 23.4 Å². The van der Waals surface area contributed by atoms with Crippen molar-refractivity contribution in [3.05, 3.63) is 48.4 Å². The molecule has 0 saturated carbocycles. The number of alkyl halides is 2. The standard InChI is InChI=1S/C17H19F2N9O/c18-14(19)7-11(8-20)26-17-22-9-13(15(21)29)16(27-17)25-10-2-1-3-12(6-10)28-23-4-5-24-28/h1-6,9,11,14H,7-8,20H2,(H2,21,29)(H2,22,25,26,27). The highest BCUT2D eigenvalue weighted by Gasteiger charge is 2.17. The average molecular weight is 403 g/mol. The molecule has 152 valence electrons. The molecule has 1 unspecified atom stereocenters. The van der Waals surface area contributed by atoms with Crippen LogP contribution in [0.2, 0.25) is 0 Å². The van der Waals surface area contributed by atoms with Crippen molar-refractivity contribution in [3.8, 4) is 5.69 Å². The predicted octanol–water partition coefficient (Wildman–Crippen LogP) is 1.29. The number of rotatable bonds is 9. The van der Waals surface area contributed by atoms with Crippen molar-refractivity contribution in [2.45, 2.75) is 18.9 Å². The van der Waals surface area contributed by atoms with E-state index < -0.39 is 24.8 Å². The number of carbonyl (C=O) groups excluding carboxylic acids is 1. The van der Waals surface area contributed by atoms with Crippen molar-refractivity contribution < 1.29 is 13.6 Å². The number of nitrogens with zero attached hydrogens (tertiary/aromatic N) is 5. The summed E-state index contributed by atoms with van der Waals surface area (Å²) in [5.74, 6) is -0.584. The lowest BCUT2D eigenvalue weighted by molar-refractivity contribution is 0.100. The Hall–Kier alpha value is -3.67. The number of halogens is 2. The number of aromatic nitrogens is 5. The van der Waals surface area contributed by atoms with Crippen LogP contribution in [-0.2, 0) is 0 Å². The third kappa shape index (κ3) is 5.19. The number of nitrogens with one attached hydrogen (secondary N) is 2. The average Bonchev–Trinajstić information content (AvgIpc) is 3.22. The Labute approximate surface area is 164 Å². The minimum atomic E-state index is -2.53. The van der Waals surface area contributed by atoms with Gasteiger partial charge >= 0.3 is 0 Å². The van der Waals surface area contributed by atoms with Crippen LogP contribution in [0.3, 0.4) is 0 Å². The van der Waals surface area contributed by atoms with Gasteiger partial charge in [-0.15, -0.1) is 0 Å². The highest BCUT2D eigenvalue weighted by molar-refractivity contribution is 5.98. The van der Waals surface area contributed by atoms with Crippen LogP contribution in [0.1, 0.15) is 16.8 Å².